The molecule has 2 N–H and O–H groups in total. The minimum atomic E-state index is -4.87. The highest BCUT2D eigenvalue weighted by atomic mass is 19.4. The first-order valence-corrected chi connectivity index (χ1v) is 6.08. The second-order valence-corrected chi connectivity index (χ2v) is 4.30. The predicted octanol–water partition coefficient (Wildman–Crippen LogP) is 2.83. The summed E-state index contributed by atoms with van der Waals surface area (Å²) < 4.78 is 50.5. The summed E-state index contributed by atoms with van der Waals surface area (Å²) in [5.74, 6) is -3.17. The zero-order chi connectivity index (χ0) is 16.0. The van der Waals surface area contributed by atoms with E-state index in [-0.39, 0.29) is 18.5 Å². The molecule has 1 aromatic carbocycles. The minimum absolute atomic E-state index is 0.0510. The van der Waals surface area contributed by atoms with Gasteiger partial charge in [-0.05, 0) is 31.0 Å². The van der Waals surface area contributed by atoms with Crippen molar-refractivity contribution < 1.29 is 32.3 Å². The van der Waals surface area contributed by atoms with Crippen LogP contribution in [0.4, 0.5) is 17.6 Å². The molecule has 0 atom stereocenters. The number of carboxylic acid groups (broad SMARTS) is 1. The van der Waals surface area contributed by atoms with Crippen molar-refractivity contribution in [2.75, 3.05) is 6.54 Å². The van der Waals surface area contributed by atoms with Crippen molar-refractivity contribution in [3.8, 4) is 0 Å². The van der Waals surface area contributed by atoms with Crippen molar-refractivity contribution in [3.05, 3.63) is 35.1 Å². The van der Waals surface area contributed by atoms with E-state index in [1.54, 1.807) is 0 Å². The van der Waals surface area contributed by atoms with E-state index in [1.165, 1.54) is 0 Å². The molecule has 116 valence electrons. The monoisotopic (exact) mass is 307 g/mol. The molecule has 0 aliphatic rings. The van der Waals surface area contributed by atoms with Crippen LogP contribution in [0.25, 0.3) is 0 Å². The topological polar surface area (TPSA) is 66.4 Å². The van der Waals surface area contributed by atoms with Crippen molar-refractivity contribution in [2.24, 2.45) is 0 Å². The van der Waals surface area contributed by atoms with Crippen LogP contribution in [0.3, 0.4) is 0 Å². The Morgan fingerprint density at radius 1 is 1.19 bits per heavy atom. The van der Waals surface area contributed by atoms with E-state index in [9.17, 15) is 27.2 Å². The largest absolute Gasteiger partial charge is 0.481 e. The van der Waals surface area contributed by atoms with Crippen molar-refractivity contribution in [3.63, 3.8) is 0 Å². The highest BCUT2D eigenvalue weighted by molar-refractivity contribution is 5.94. The second-order valence-electron chi connectivity index (χ2n) is 4.30. The molecule has 0 aromatic heterocycles. The van der Waals surface area contributed by atoms with Crippen LogP contribution in [0.1, 0.15) is 35.2 Å². The third-order valence-electron chi connectivity index (χ3n) is 2.64. The fourth-order valence-electron chi connectivity index (χ4n) is 1.59. The summed E-state index contributed by atoms with van der Waals surface area (Å²) in [6.45, 7) is 0.130. The van der Waals surface area contributed by atoms with Crippen LogP contribution < -0.4 is 5.32 Å². The maximum atomic E-state index is 13.0. The Bertz CT molecular complexity index is 529. The molecule has 0 saturated carbocycles. The molecule has 0 saturated heterocycles. The van der Waals surface area contributed by atoms with E-state index in [4.69, 9.17) is 5.11 Å². The quantitative estimate of drug-likeness (QED) is 0.627. The number of benzene rings is 1. The van der Waals surface area contributed by atoms with Crippen molar-refractivity contribution >= 4 is 11.9 Å². The summed E-state index contributed by atoms with van der Waals surface area (Å²) in [4.78, 5) is 21.9. The Kier molecular flexibility index (Phi) is 5.69. The highest BCUT2D eigenvalue weighted by Crippen LogP contribution is 2.31. The lowest BCUT2D eigenvalue weighted by Crippen LogP contribution is -2.25. The number of rotatable bonds is 6. The molecule has 0 fully saturated rings. The molecule has 0 unspecified atom stereocenters. The van der Waals surface area contributed by atoms with Crippen LogP contribution in [0.5, 0.6) is 0 Å². The third-order valence-corrected chi connectivity index (χ3v) is 2.64. The lowest BCUT2D eigenvalue weighted by molar-refractivity contribution is -0.140. The molecular weight excluding hydrogens is 294 g/mol. The smallest absolute Gasteiger partial charge is 0.419 e. The van der Waals surface area contributed by atoms with Gasteiger partial charge in [-0.1, -0.05) is 0 Å². The molecule has 0 aliphatic carbocycles. The summed E-state index contributed by atoms with van der Waals surface area (Å²) in [5, 5.41) is 10.8. The maximum absolute atomic E-state index is 13.0. The number of carbonyl (C=O) groups excluding carboxylic acids is 1. The molecular formula is C13H13F4NO3. The molecule has 0 radical (unpaired) electrons. The van der Waals surface area contributed by atoms with Crippen LogP contribution in [0, 0.1) is 5.82 Å². The number of halogens is 4. The minimum Gasteiger partial charge on any atom is -0.481 e. The first-order valence-electron chi connectivity index (χ1n) is 6.08. The van der Waals surface area contributed by atoms with Gasteiger partial charge in [0.2, 0.25) is 0 Å². The average Bonchev–Trinajstić information content (AvgIpc) is 2.36. The van der Waals surface area contributed by atoms with E-state index < -0.39 is 29.4 Å². The van der Waals surface area contributed by atoms with Crippen molar-refractivity contribution in [1.82, 2.24) is 5.32 Å². The Balaban J connectivity index is 2.61. The predicted molar refractivity (Wildman–Crippen MR) is 65.2 cm³/mol. The molecule has 4 nitrogen and oxygen atoms in total. The van der Waals surface area contributed by atoms with Gasteiger partial charge in [-0.3, -0.25) is 9.59 Å². The molecule has 8 heteroatoms. The SMILES string of the molecule is O=C(O)CCCCNC(=O)c1ccc(F)c(C(F)(F)F)c1. The summed E-state index contributed by atoms with van der Waals surface area (Å²) >= 11 is 0. The highest BCUT2D eigenvalue weighted by Gasteiger charge is 2.34. The van der Waals surface area contributed by atoms with Gasteiger partial charge in [0.25, 0.3) is 5.91 Å². The van der Waals surface area contributed by atoms with Crippen LogP contribution in [-0.4, -0.2) is 23.5 Å². The van der Waals surface area contributed by atoms with Gasteiger partial charge in [-0.2, -0.15) is 13.2 Å². The molecule has 0 aliphatic heterocycles. The van der Waals surface area contributed by atoms with Gasteiger partial charge < -0.3 is 10.4 Å². The first kappa shape index (κ1) is 16.9. The number of unbranched alkanes of at least 4 members (excludes halogenated alkanes) is 1. The second kappa shape index (κ2) is 7.05. The fraction of sp³-hybridized carbons (Fsp3) is 0.385. The van der Waals surface area contributed by atoms with Gasteiger partial charge >= 0.3 is 12.1 Å². The van der Waals surface area contributed by atoms with Crippen LogP contribution in [-0.2, 0) is 11.0 Å². The number of amides is 1. The maximum Gasteiger partial charge on any atom is 0.419 e. The van der Waals surface area contributed by atoms with Crippen LogP contribution >= 0.6 is 0 Å². The zero-order valence-electron chi connectivity index (χ0n) is 10.8. The van der Waals surface area contributed by atoms with Gasteiger partial charge in [0, 0.05) is 18.5 Å². The molecule has 0 bridgehead atoms. The summed E-state index contributed by atoms with van der Waals surface area (Å²) in [6, 6.07) is 1.99. The van der Waals surface area contributed by atoms with Gasteiger partial charge in [0.1, 0.15) is 5.82 Å². The summed E-state index contributed by atoms with van der Waals surface area (Å²) in [6.07, 6.45) is -4.20. The van der Waals surface area contributed by atoms with Gasteiger partial charge in [0.15, 0.2) is 0 Å². The Morgan fingerprint density at radius 2 is 1.86 bits per heavy atom. The number of alkyl halides is 3. The van der Waals surface area contributed by atoms with E-state index in [0.717, 1.165) is 6.07 Å². The molecule has 0 heterocycles. The van der Waals surface area contributed by atoms with Crippen LogP contribution in [0.2, 0.25) is 0 Å². The summed E-state index contributed by atoms with van der Waals surface area (Å²) in [5.41, 5.74) is -1.80. The van der Waals surface area contributed by atoms with E-state index >= 15 is 0 Å². The van der Waals surface area contributed by atoms with E-state index in [1.807, 2.05) is 0 Å². The Hall–Kier alpha value is -2.12. The van der Waals surface area contributed by atoms with Crippen molar-refractivity contribution in [1.29, 1.82) is 0 Å². The van der Waals surface area contributed by atoms with Crippen LogP contribution in [0.15, 0.2) is 18.2 Å². The van der Waals surface area contributed by atoms with Gasteiger partial charge in [-0.15, -0.1) is 0 Å². The zero-order valence-corrected chi connectivity index (χ0v) is 10.8. The van der Waals surface area contributed by atoms with E-state index in [0.29, 0.717) is 25.0 Å². The standard InChI is InChI=1S/C13H13F4NO3/c14-10-5-4-8(7-9(10)13(15,16)17)12(21)18-6-2-1-3-11(19)20/h4-5,7H,1-3,6H2,(H,18,21)(H,19,20). The van der Waals surface area contributed by atoms with Gasteiger partial charge in [-0.25, -0.2) is 4.39 Å². The Morgan fingerprint density at radius 3 is 2.43 bits per heavy atom. The van der Waals surface area contributed by atoms with Crippen molar-refractivity contribution in [2.45, 2.75) is 25.4 Å². The lowest BCUT2D eigenvalue weighted by Gasteiger charge is -2.10. The number of nitrogens with one attached hydrogen (secondary N) is 1. The van der Waals surface area contributed by atoms with Gasteiger partial charge in [0.05, 0.1) is 5.56 Å². The average molecular weight is 307 g/mol. The molecule has 1 rings (SSSR count). The third kappa shape index (κ3) is 5.41. The normalized spacial score (nSPS) is 11.2. The lowest BCUT2D eigenvalue weighted by atomic mass is 10.1. The first-order chi connectivity index (χ1) is 9.71. The molecule has 1 aromatic rings. The van der Waals surface area contributed by atoms with E-state index in [2.05, 4.69) is 5.32 Å². The fourth-order valence-corrected chi connectivity index (χ4v) is 1.59. The number of carboxylic acids is 1. The molecule has 21 heavy (non-hydrogen) atoms. The Labute approximate surface area is 117 Å². The number of hydrogen-bond donors (Lipinski definition) is 2. The number of aliphatic carboxylic acids is 1. The molecule has 0 spiro atoms. The number of hydrogen-bond acceptors (Lipinski definition) is 2. The number of carbonyl (C=O) groups is 2. The molecule has 1 amide bonds. The summed E-state index contributed by atoms with van der Waals surface area (Å²) in [7, 11) is 0.